The molecular weight excluding hydrogens is 362 g/mol. The fourth-order valence-corrected chi connectivity index (χ4v) is 3.11. The number of rotatable bonds is 10. The van der Waals surface area contributed by atoms with Crippen LogP contribution in [0, 0.1) is 6.92 Å². The largest absolute Gasteiger partial charge is 0.494 e. The van der Waals surface area contributed by atoms with Crippen LogP contribution in [-0.4, -0.2) is 22.5 Å². The highest BCUT2D eigenvalue weighted by atomic mass is 16.5. The van der Waals surface area contributed by atoms with Gasteiger partial charge in [-0.3, -0.25) is 9.78 Å². The van der Waals surface area contributed by atoms with Crippen molar-refractivity contribution in [3.05, 3.63) is 72.6 Å². The van der Waals surface area contributed by atoms with Crippen LogP contribution in [0.15, 0.2) is 61.3 Å². The minimum atomic E-state index is -0.243. The third kappa shape index (κ3) is 5.88. The first kappa shape index (κ1) is 20.5. The molecule has 0 aliphatic carbocycles. The highest BCUT2D eigenvalue weighted by molar-refractivity contribution is 6.05. The van der Waals surface area contributed by atoms with E-state index in [-0.39, 0.29) is 5.91 Å². The van der Waals surface area contributed by atoms with Crippen LogP contribution in [0.2, 0.25) is 0 Å². The molecule has 0 unspecified atom stereocenters. The second-order valence-corrected chi connectivity index (χ2v) is 7.02. The Balaban J connectivity index is 1.58. The molecule has 0 fully saturated rings. The monoisotopic (exact) mass is 389 g/mol. The van der Waals surface area contributed by atoms with Crippen LogP contribution >= 0.6 is 0 Å². The number of fused-ring (bicyclic) bond motifs is 1. The summed E-state index contributed by atoms with van der Waals surface area (Å²) < 4.78 is 5.83. The topological polar surface area (TPSA) is 64.1 Å². The van der Waals surface area contributed by atoms with E-state index in [0.717, 1.165) is 36.1 Å². The Labute approximate surface area is 171 Å². The van der Waals surface area contributed by atoms with E-state index in [1.807, 2.05) is 55.5 Å². The average Bonchev–Trinajstić information content (AvgIpc) is 2.73. The van der Waals surface area contributed by atoms with E-state index >= 15 is 0 Å². The van der Waals surface area contributed by atoms with Gasteiger partial charge in [-0.2, -0.15) is 0 Å². The van der Waals surface area contributed by atoms with Gasteiger partial charge in [0.05, 0.1) is 17.6 Å². The summed E-state index contributed by atoms with van der Waals surface area (Å²) in [5.74, 6) is 0.508. The molecule has 5 nitrogen and oxygen atoms in total. The Morgan fingerprint density at radius 1 is 1.10 bits per heavy atom. The molecule has 29 heavy (non-hydrogen) atoms. The molecule has 1 aromatic carbocycles. The van der Waals surface area contributed by atoms with Gasteiger partial charge in [0.15, 0.2) is 0 Å². The Morgan fingerprint density at radius 3 is 2.83 bits per heavy atom. The molecule has 150 valence electrons. The number of anilines is 1. The van der Waals surface area contributed by atoms with Gasteiger partial charge in [0.1, 0.15) is 11.4 Å². The van der Waals surface area contributed by atoms with Gasteiger partial charge in [-0.1, -0.05) is 25.0 Å². The molecule has 1 N–H and O–H groups in total. The van der Waals surface area contributed by atoms with Crippen LogP contribution < -0.4 is 10.1 Å². The lowest BCUT2D eigenvalue weighted by molar-refractivity contribution is 0.102. The maximum atomic E-state index is 12.7. The fourth-order valence-electron chi connectivity index (χ4n) is 3.11. The molecule has 1 amide bonds. The van der Waals surface area contributed by atoms with E-state index in [1.165, 1.54) is 12.8 Å². The number of nitrogens with zero attached hydrogens (tertiary/aromatic N) is 2. The smallest absolute Gasteiger partial charge is 0.274 e. The lowest BCUT2D eigenvalue weighted by Gasteiger charge is -2.10. The van der Waals surface area contributed by atoms with E-state index in [2.05, 4.69) is 21.9 Å². The first-order chi connectivity index (χ1) is 14.2. The molecule has 0 bridgehead atoms. The third-order valence-electron chi connectivity index (χ3n) is 4.65. The van der Waals surface area contributed by atoms with Crippen molar-refractivity contribution in [2.75, 3.05) is 11.9 Å². The number of ether oxygens (including phenoxy) is 1. The van der Waals surface area contributed by atoms with E-state index in [4.69, 9.17) is 4.74 Å². The van der Waals surface area contributed by atoms with E-state index in [9.17, 15) is 4.79 Å². The number of hydrogen-bond donors (Lipinski definition) is 1. The SMILES string of the molecule is C=CCCCCCCOc1cccc(NC(=O)c2nc3cccnc3cc2C)c1. The number of pyridine rings is 2. The number of amides is 1. The van der Waals surface area contributed by atoms with Crippen molar-refractivity contribution in [1.82, 2.24) is 9.97 Å². The molecule has 0 saturated heterocycles. The van der Waals surface area contributed by atoms with Gasteiger partial charge in [0.2, 0.25) is 0 Å². The number of benzene rings is 1. The molecule has 0 aliphatic heterocycles. The molecule has 0 spiro atoms. The lowest BCUT2D eigenvalue weighted by Crippen LogP contribution is -2.15. The summed E-state index contributed by atoms with van der Waals surface area (Å²) in [5, 5.41) is 2.92. The summed E-state index contributed by atoms with van der Waals surface area (Å²) in [6, 6.07) is 13.0. The highest BCUT2D eigenvalue weighted by Gasteiger charge is 2.13. The lowest BCUT2D eigenvalue weighted by atomic mass is 10.1. The van der Waals surface area contributed by atoms with Crippen LogP contribution in [0.25, 0.3) is 11.0 Å². The molecular formula is C24H27N3O2. The number of hydrogen-bond acceptors (Lipinski definition) is 4. The minimum absolute atomic E-state index is 0.243. The Bertz CT molecular complexity index is 985. The van der Waals surface area contributed by atoms with Gasteiger partial charge in [0.25, 0.3) is 5.91 Å². The van der Waals surface area contributed by atoms with E-state index in [0.29, 0.717) is 23.5 Å². The summed E-state index contributed by atoms with van der Waals surface area (Å²) in [7, 11) is 0. The van der Waals surface area contributed by atoms with Gasteiger partial charge >= 0.3 is 0 Å². The summed E-state index contributed by atoms with van der Waals surface area (Å²) in [6.45, 7) is 6.28. The van der Waals surface area contributed by atoms with Crippen LogP contribution in [0.4, 0.5) is 5.69 Å². The van der Waals surface area contributed by atoms with Crippen molar-refractivity contribution in [2.45, 2.75) is 39.0 Å². The second kappa shape index (κ2) is 10.4. The molecule has 2 heterocycles. The van der Waals surface area contributed by atoms with Gasteiger partial charge in [0, 0.05) is 18.0 Å². The Morgan fingerprint density at radius 2 is 1.97 bits per heavy atom. The van der Waals surface area contributed by atoms with Crippen molar-refractivity contribution in [3.8, 4) is 5.75 Å². The molecule has 2 aromatic heterocycles. The van der Waals surface area contributed by atoms with Crippen molar-refractivity contribution >= 4 is 22.6 Å². The first-order valence-corrected chi connectivity index (χ1v) is 10.0. The minimum Gasteiger partial charge on any atom is -0.494 e. The predicted octanol–water partition coefficient (Wildman–Crippen LogP) is 5.71. The van der Waals surface area contributed by atoms with Crippen LogP contribution in [0.3, 0.4) is 0 Å². The molecule has 0 saturated carbocycles. The number of nitrogens with one attached hydrogen (secondary N) is 1. The van der Waals surface area contributed by atoms with Gasteiger partial charge < -0.3 is 10.1 Å². The molecule has 0 atom stereocenters. The molecule has 0 radical (unpaired) electrons. The van der Waals surface area contributed by atoms with Gasteiger partial charge in [-0.15, -0.1) is 6.58 Å². The predicted molar refractivity (Wildman–Crippen MR) is 117 cm³/mol. The van der Waals surface area contributed by atoms with Crippen molar-refractivity contribution in [1.29, 1.82) is 0 Å². The van der Waals surface area contributed by atoms with Gasteiger partial charge in [-0.05, 0) is 62.1 Å². The van der Waals surface area contributed by atoms with Crippen LogP contribution in [0.1, 0.15) is 48.2 Å². The van der Waals surface area contributed by atoms with E-state index in [1.54, 1.807) is 6.20 Å². The Hall–Kier alpha value is -3.21. The number of allylic oxidation sites excluding steroid dienone is 1. The summed E-state index contributed by atoms with van der Waals surface area (Å²) in [5.41, 5.74) is 3.36. The molecule has 3 aromatic rings. The zero-order chi connectivity index (χ0) is 20.5. The zero-order valence-electron chi connectivity index (χ0n) is 16.9. The standard InChI is InChI=1S/C24H27N3O2/c1-3-4-5-6-7-8-15-29-20-12-9-11-19(17-20)26-24(28)23-18(2)16-22-21(27-23)13-10-14-25-22/h3,9-14,16-17H,1,4-8,15H2,2H3,(H,26,28). The van der Waals surface area contributed by atoms with Crippen molar-refractivity contribution in [3.63, 3.8) is 0 Å². The van der Waals surface area contributed by atoms with Crippen molar-refractivity contribution < 1.29 is 9.53 Å². The number of carbonyl (C=O) groups is 1. The number of unbranched alkanes of at least 4 members (excludes halogenated alkanes) is 4. The van der Waals surface area contributed by atoms with Crippen LogP contribution in [-0.2, 0) is 0 Å². The number of aromatic nitrogens is 2. The van der Waals surface area contributed by atoms with Crippen molar-refractivity contribution in [2.24, 2.45) is 0 Å². The first-order valence-electron chi connectivity index (χ1n) is 10.0. The van der Waals surface area contributed by atoms with E-state index < -0.39 is 0 Å². The number of aryl methyl sites for hydroxylation is 1. The van der Waals surface area contributed by atoms with Gasteiger partial charge in [-0.25, -0.2) is 4.98 Å². The quantitative estimate of drug-likeness (QED) is 0.356. The maximum Gasteiger partial charge on any atom is 0.274 e. The second-order valence-electron chi connectivity index (χ2n) is 7.02. The molecule has 3 rings (SSSR count). The number of carbonyl (C=O) groups excluding carboxylic acids is 1. The normalized spacial score (nSPS) is 10.7. The molecule has 5 heteroatoms. The highest BCUT2D eigenvalue weighted by Crippen LogP contribution is 2.20. The fraction of sp³-hybridized carbons (Fsp3) is 0.292. The zero-order valence-corrected chi connectivity index (χ0v) is 16.9. The maximum absolute atomic E-state index is 12.7. The summed E-state index contributed by atoms with van der Waals surface area (Å²) in [6.07, 6.45) is 9.29. The average molecular weight is 389 g/mol. The Kier molecular flexibility index (Phi) is 7.34. The summed E-state index contributed by atoms with van der Waals surface area (Å²) in [4.78, 5) is 21.5. The third-order valence-corrected chi connectivity index (χ3v) is 4.65. The molecule has 0 aliphatic rings. The van der Waals surface area contributed by atoms with Crippen LogP contribution in [0.5, 0.6) is 5.75 Å². The summed E-state index contributed by atoms with van der Waals surface area (Å²) >= 11 is 0.